The van der Waals surface area contributed by atoms with Crippen molar-refractivity contribution < 1.29 is 17.9 Å². The molecule has 0 unspecified atom stereocenters. The standard InChI is InChI=1S/C26H30F3N5O/c27-23-2-1-3-24-22(23)8-9-34(24)19-6-4-18(5-7-19)32-10-12-33(13-11-32)20-14-25(31-30-17-20)35-21-15-26(28,29)16-21/h1-3,8-9,14,17-19,21H,4-7,10-13,15-16H2. The van der Waals surface area contributed by atoms with Crippen LogP contribution in [0.5, 0.6) is 5.88 Å². The molecule has 0 radical (unpaired) electrons. The monoisotopic (exact) mass is 485 g/mol. The van der Waals surface area contributed by atoms with Gasteiger partial charge < -0.3 is 14.2 Å². The van der Waals surface area contributed by atoms with E-state index in [1.165, 1.54) is 6.07 Å². The molecule has 2 aliphatic carbocycles. The molecular weight excluding hydrogens is 455 g/mol. The fraction of sp³-hybridized carbons (Fsp3) is 0.538. The fourth-order valence-corrected chi connectivity index (χ4v) is 5.94. The van der Waals surface area contributed by atoms with Crippen LogP contribution in [0, 0.1) is 5.82 Å². The molecule has 3 aliphatic rings. The summed E-state index contributed by atoms with van der Waals surface area (Å²) in [6.07, 6.45) is 7.24. The van der Waals surface area contributed by atoms with E-state index in [0.29, 0.717) is 23.3 Å². The molecule has 0 amide bonds. The number of benzene rings is 1. The second-order valence-electron chi connectivity index (χ2n) is 10.1. The zero-order chi connectivity index (χ0) is 24.0. The van der Waals surface area contributed by atoms with Crippen molar-refractivity contribution in [1.29, 1.82) is 0 Å². The van der Waals surface area contributed by atoms with Gasteiger partial charge in [-0.2, -0.15) is 5.10 Å². The van der Waals surface area contributed by atoms with Gasteiger partial charge in [-0.05, 0) is 43.9 Å². The number of hydrogen-bond acceptors (Lipinski definition) is 5. The maximum absolute atomic E-state index is 14.1. The van der Waals surface area contributed by atoms with Crippen LogP contribution in [-0.2, 0) is 0 Å². The highest BCUT2D eigenvalue weighted by Crippen LogP contribution is 2.40. The van der Waals surface area contributed by atoms with Crippen molar-refractivity contribution in [3.8, 4) is 5.88 Å². The second kappa shape index (κ2) is 9.00. The quantitative estimate of drug-likeness (QED) is 0.506. The average molecular weight is 486 g/mol. The van der Waals surface area contributed by atoms with Crippen molar-refractivity contribution in [3.05, 3.63) is 48.5 Å². The van der Waals surface area contributed by atoms with Crippen LogP contribution in [0.4, 0.5) is 18.9 Å². The topological polar surface area (TPSA) is 46.4 Å². The van der Waals surface area contributed by atoms with Crippen LogP contribution in [0.2, 0.25) is 0 Å². The summed E-state index contributed by atoms with van der Waals surface area (Å²) in [4.78, 5) is 4.85. The van der Waals surface area contributed by atoms with E-state index in [2.05, 4.69) is 24.6 Å². The van der Waals surface area contributed by atoms with E-state index < -0.39 is 12.0 Å². The van der Waals surface area contributed by atoms with Crippen LogP contribution in [0.3, 0.4) is 0 Å². The lowest BCUT2D eigenvalue weighted by atomic mass is 9.89. The molecule has 0 atom stereocenters. The first-order valence-corrected chi connectivity index (χ1v) is 12.6. The predicted octanol–water partition coefficient (Wildman–Crippen LogP) is 5.05. The van der Waals surface area contributed by atoms with Gasteiger partial charge >= 0.3 is 0 Å². The summed E-state index contributed by atoms with van der Waals surface area (Å²) < 4.78 is 48.1. The number of alkyl halides is 2. The van der Waals surface area contributed by atoms with Crippen LogP contribution in [0.1, 0.15) is 44.6 Å². The molecule has 0 bridgehead atoms. The molecule has 2 saturated carbocycles. The normalized spacial score (nSPS) is 25.5. The van der Waals surface area contributed by atoms with Gasteiger partial charge in [0.2, 0.25) is 5.88 Å². The van der Waals surface area contributed by atoms with Crippen LogP contribution in [0.15, 0.2) is 42.7 Å². The minimum absolute atomic E-state index is 0.152. The van der Waals surface area contributed by atoms with Crippen molar-refractivity contribution in [2.75, 3.05) is 31.1 Å². The number of halogens is 3. The molecule has 3 heterocycles. The Bertz CT molecular complexity index is 1180. The van der Waals surface area contributed by atoms with E-state index in [4.69, 9.17) is 4.74 Å². The van der Waals surface area contributed by atoms with Gasteiger partial charge in [0.15, 0.2) is 0 Å². The van der Waals surface area contributed by atoms with Crippen LogP contribution in [-0.4, -0.2) is 63.9 Å². The Morgan fingerprint density at radius 2 is 1.69 bits per heavy atom. The number of rotatable bonds is 5. The maximum Gasteiger partial charge on any atom is 0.255 e. The first kappa shape index (κ1) is 22.6. The van der Waals surface area contributed by atoms with Crippen molar-refractivity contribution in [3.63, 3.8) is 0 Å². The van der Waals surface area contributed by atoms with E-state index in [0.717, 1.165) is 63.1 Å². The molecule has 1 saturated heterocycles. The molecular formula is C26H30F3N5O. The number of piperazine rings is 1. The first-order valence-electron chi connectivity index (χ1n) is 12.6. The number of fused-ring (bicyclic) bond motifs is 1. The molecule has 2 aromatic heterocycles. The Labute approximate surface area is 202 Å². The Hall–Kier alpha value is -2.81. The van der Waals surface area contributed by atoms with E-state index in [1.54, 1.807) is 12.3 Å². The molecule has 0 spiro atoms. The van der Waals surface area contributed by atoms with Crippen molar-refractivity contribution >= 4 is 16.6 Å². The van der Waals surface area contributed by atoms with Gasteiger partial charge in [0.25, 0.3) is 5.92 Å². The highest BCUT2D eigenvalue weighted by Gasteiger charge is 2.47. The van der Waals surface area contributed by atoms with Crippen LogP contribution in [0.25, 0.3) is 10.9 Å². The van der Waals surface area contributed by atoms with E-state index >= 15 is 0 Å². The molecule has 6 rings (SSSR count). The zero-order valence-electron chi connectivity index (χ0n) is 19.6. The Balaban J connectivity index is 1.01. The van der Waals surface area contributed by atoms with E-state index in [-0.39, 0.29) is 18.7 Å². The minimum atomic E-state index is -2.61. The Morgan fingerprint density at radius 3 is 2.43 bits per heavy atom. The Morgan fingerprint density at radius 1 is 0.943 bits per heavy atom. The molecule has 0 N–H and O–H groups in total. The van der Waals surface area contributed by atoms with Crippen molar-refractivity contribution in [2.45, 2.75) is 62.6 Å². The third kappa shape index (κ3) is 4.58. The van der Waals surface area contributed by atoms with Gasteiger partial charge in [0, 0.05) is 68.8 Å². The highest BCUT2D eigenvalue weighted by atomic mass is 19.3. The molecule has 186 valence electrons. The SMILES string of the molecule is Fc1cccc2c1ccn2C1CCC(N2CCN(c3cnnc(OC4CC(F)(F)C4)c3)CC2)CC1. The lowest BCUT2D eigenvalue weighted by molar-refractivity contribution is -0.135. The summed E-state index contributed by atoms with van der Waals surface area (Å²) in [5, 5.41) is 8.70. The third-order valence-electron chi connectivity index (χ3n) is 7.92. The lowest BCUT2D eigenvalue weighted by Crippen LogP contribution is -2.51. The van der Waals surface area contributed by atoms with Gasteiger partial charge in [-0.1, -0.05) is 6.07 Å². The summed E-state index contributed by atoms with van der Waals surface area (Å²) >= 11 is 0. The number of anilines is 1. The lowest BCUT2D eigenvalue weighted by Gasteiger charge is -2.42. The molecule has 1 aromatic carbocycles. The Kier molecular flexibility index (Phi) is 5.82. The van der Waals surface area contributed by atoms with E-state index in [9.17, 15) is 13.2 Å². The fourth-order valence-electron chi connectivity index (χ4n) is 5.94. The highest BCUT2D eigenvalue weighted by molar-refractivity contribution is 5.80. The van der Waals surface area contributed by atoms with Crippen molar-refractivity contribution in [1.82, 2.24) is 19.7 Å². The molecule has 6 nitrogen and oxygen atoms in total. The third-order valence-corrected chi connectivity index (χ3v) is 7.92. The molecule has 3 aromatic rings. The predicted molar refractivity (Wildman–Crippen MR) is 128 cm³/mol. The summed E-state index contributed by atoms with van der Waals surface area (Å²) in [5.41, 5.74) is 1.92. The van der Waals surface area contributed by atoms with Gasteiger partial charge in [0.05, 0.1) is 17.4 Å². The smallest absolute Gasteiger partial charge is 0.255 e. The number of nitrogens with zero attached hydrogens (tertiary/aromatic N) is 5. The largest absolute Gasteiger partial charge is 0.473 e. The van der Waals surface area contributed by atoms with Crippen molar-refractivity contribution in [2.24, 2.45) is 0 Å². The first-order chi connectivity index (χ1) is 16.9. The summed E-state index contributed by atoms with van der Waals surface area (Å²) in [6.45, 7) is 3.71. The number of ether oxygens (including phenoxy) is 1. The maximum atomic E-state index is 14.1. The summed E-state index contributed by atoms with van der Waals surface area (Å²) in [5.74, 6) is -2.44. The summed E-state index contributed by atoms with van der Waals surface area (Å²) in [6, 6.07) is 10.0. The van der Waals surface area contributed by atoms with Gasteiger partial charge in [-0.3, -0.25) is 4.90 Å². The minimum Gasteiger partial charge on any atom is -0.473 e. The molecule has 1 aliphatic heterocycles. The zero-order valence-corrected chi connectivity index (χ0v) is 19.6. The van der Waals surface area contributed by atoms with Gasteiger partial charge in [-0.25, -0.2) is 13.2 Å². The average Bonchev–Trinajstić information content (AvgIpc) is 3.29. The molecule has 3 fully saturated rings. The van der Waals surface area contributed by atoms with Crippen LogP contribution < -0.4 is 9.64 Å². The van der Waals surface area contributed by atoms with Crippen LogP contribution >= 0.6 is 0 Å². The van der Waals surface area contributed by atoms with Gasteiger partial charge in [0.1, 0.15) is 11.9 Å². The molecule has 35 heavy (non-hydrogen) atoms. The number of hydrogen-bond donors (Lipinski definition) is 0. The second-order valence-corrected chi connectivity index (χ2v) is 10.1. The number of aromatic nitrogens is 3. The van der Waals surface area contributed by atoms with Gasteiger partial charge in [-0.15, -0.1) is 5.10 Å². The van der Waals surface area contributed by atoms with E-state index in [1.807, 2.05) is 24.4 Å². The molecule has 9 heteroatoms. The summed E-state index contributed by atoms with van der Waals surface area (Å²) in [7, 11) is 0.